The lowest BCUT2D eigenvalue weighted by Crippen LogP contribution is -2.42. The van der Waals surface area contributed by atoms with Crippen molar-refractivity contribution >= 4 is 11.9 Å². The van der Waals surface area contributed by atoms with Crippen LogP contribution in [0.3, 0.4) is 0 Å². The van der Waals surface area contributed by atoms with E-state index in [1.54, 1.807) is 6.07 Å². The molecule has 0 saturated heterocycles. The van der Waals surface area contributed by atoms with Crippen molar-refractivity contribution in [1.82, 2.24) is 5.32 Å². The summed E-state index contributed by atoms with van der Waals surface area (Å²) in [4.78, 5) is 24.1. The van der Waals surface area contributed by atoms with Crippen LogP contribution in [0.1, 0.15) is 21.5 Å². The molecule has 1 aliphatic rings. The van der Waals surface area contributed by atoms with Gasteiger partial charge < -0.3 is 19.5 Å². The fourth-order valence-electron chi connectivity index (χ4n) is 2.61. The van der Waals surface area contributed by atoms with Gasteiger partial charge in [-0.1, -0.05) is 29.8 Å². The second-order valence-corrected chi connectivity index (χ2v) is 6.20. The van der Waals surface area contributed by atoms with E-state index in [1.165, 1.54) is 0 Å². The molecule has 1 aliphatic heterocycles. The standard InChI is InChI=1S/C20H21NO5/c1-13-7-8-14(2)16(9-13)20(23)25-12-19(22)21-10-15-11-24-17-5-3-4-6-18(17)26-15/h3-9,15H,10-12H2,1-2H3,(H,21,22)/t15-/m1/s1. The van der Waals surface area contributed by atoms with Gasteiger partial charge in [-0.15, -0.1) is 0 Å². The zero-order valence-electron chi connectivity index (χ0n) is 14.8. The molecular weight excluding hydrogens is 334 g/mol. The lowest BCUT2D eigenvalue weighted by molar-refractivity contribution is -0.124. The van der Waals surface area contributed by atoms with E-state index in [-0.39, 0.29) is 25.2 Å². The van der Waals surface area contributed by atoms with Crippen LogP contribution in [0.5, 0.6) is 11.5 Å². The van der Waals surface area contributed by atoms with E-state index in [9.17, 15) is 9.59 Å². The maximum Gasteiger partial charge on any atom is 0.338 e. The second-order valence-electron chi connectivity index (χ2n) is 6.20. The summed E-state index contributed by atoms with van der Waals surface area (Å²) in [7, 11) is 0. The van der Waals surface area contributed by atoms with Crippen LogP contribution >= 0.6 is 0 Å². The monoisotopic (exact) mass is 355 g/mol. The Bertz CT molecular complexity index is 818. The number of para-hydroxylation sites is 2. The Hall–Kier alpha value is -3.02. The zero-order chi connectivity index (χ0) is 18.5. The van der Waals surface area contributed by atoms with Crippen molar-refractivity contribution in [2.24, 2.45) is 0 Å². The third-order valence-corrected chi connectivity index (χ3v) is 4.04. The highest BCUT2D eigenvalue weighted by Crippen LogP contribution is 2.30. The lowest BCUT2D eigenvalue weighted by Gasteiger charge is -2.26. The van der Waals surface area contributed by atoms with Gasteiger partial charge in [0.05, 0.1) is 12.1 Å². The van der Waals surface area contributed by atoms with Gasteiger partial charge >= 0.3 is 5.97 Å². The number of esters is 1. The van der Waals surface area contributed by atoms with Crippen LogP contribution in [0.25, 0.3) is 0 Å². The molecule has 2 aromatic carbocycles. The first-order valence-corrected chi connectivity index (χ1v) is 8.42. The van der Waals surface area contributed by atoms with Gasteiger partial charge in [0.2, 0.25) is 0 Å². The average molecular weight is 355 g/mol. The van der Waals surface area contributed by atoms with Gasteiger partial charge in [-0.3, -0.25) is 4.79 Å². The zero-order valence-corrected chi connectivity index (χ0v) is 14.8. The number of amides is 1. The van der Waals surface area contributed by atoms with Crippen LogP contribution in [0.2, 0.25) is 0 Å². The topological polar surface area (TPSA) is 73.9 Å². The van der Waals surface area contributed by atoms with Gasteiger partial charge in [-0.2, -0.15) is 0 Å². The minimum Gasteiger partial charge on any atom is -0.486 e. The van der Waals surface area contributed by atoms with Gasteiger partial charge in [0.15, 0.2) is 18.1 Å². The molecule has 1 N–H and O–H groups in total. The smallest absolute Gasteiger partial charge is 0.338 e. The summed E-state index contributed by atoms with van der Waals surface area (Å²) in [6.45, 7) is 4.01. The molecule has 0 aliphatic carbocycles. The van der Waals surface area contributed by atoms with Crippen LogP contribution in [0.4, 0.5) is 0 Å². The number of rotatable bonds is 5. The van der Waals surface area contributed by atoms with Crippen LogP contribution < -0.4 is 14.8 Å². The van der Waals surface area contributed by atoms with Crippen molar-refractivity contribution in [2.75, 3.05) is 19.8 Å². The maximum absolute atomic E-state index is 12.1. The van der Waals surface area contributed by atoms with Crippen molar-refractivity contribution in [3.05, 3.63) is 59.2 Å². The highest BCUT2D eigenvalue weighted by Gasteiger charge is 2.21. The molecule has 6 nitrogen and oxygen atoms in total. The fraction of sp³-hybridized carbons (Fsp3) is 0.300. The molecule has 2 aromatic rings. The SMILES string of the molecule is Cc1ccc(C)c(C(=O)OCC(=O)NC[C@@H]2COc3ccccc3O2)c1. The summed E-state index contributed by atoms with van der Waals surface area (Å²) in [5, 5.41) is 2.69. The molecule has 136 valence electrons. The Balaban J connectivity index is 1.45. The van der Waals surface area contributed by atoms with Crippen LogP contribution in [0, 0.1) is 13.8 Å². The molecule has 0 unspecified atom stereocenters. The summed E-state index contributed by atoms with van der Waals surface area (Å²) in [5.41, 5.74) is 2.24. The Kier molecular flexibility index (Phi) is 5.41. The second kappa shape index (κ2) is 7.91. The number of ether oxygens (including phenoxy) is 3. The number of carbonyl (C=O) groups excluding carboxylic acids is 2. The van der Waals surface area contributed by atoms with E-state index in [0.717, 1.165) is 11.1 Å². The molecule has 6 heteroatoms. The van der Waals surface area contributed by atoms with Crippen LogP contribution in [0.15, 0.2) is 42.5 Å². The fourth-order valence-corrected chi connectivity index (χ4v) is 2.61. The summed E-state index contributed by atoms with van der Waals surface area (Å²) < 4.78 is 16.4. The molecule has 0 bridgehead atoms. The molecule has 3 rings (SSSR count). The lowest BCUT2D eigenvalue weighted by atomic mass is 10.1. The van der Waals surface area contributed by atoms with Crippen LogP contribution in [-0.2, 0) is 9.53 Å². The quantitative estimate of drug-likeness (QED) is 0.834. The minimum absolute atomic E-state index is 0.272. The first-order valence-electron chi connectivity index (χ1n) is 8.42. The number of benzene rings is 2. The maximum atomic E-state index is 12.1. The Morgan fingerprint density at radius 1 is 1.15 bits per heavy atom. The number of hydrogen-bond acceptors (Lipinski definition) is 5. The summed E-state index contributed by atoms with van der Waals surface area (Å²) >= 11 is 0. The summed E-state index contributed by atoms with van der Waals surface area (Å²) in [6.07, 6.45) is -0.288. The molecule has 1 atom stereocenters. The summed E-state index contributed by atoms with van der Waals surface area (Å²) in [5.74, 6) is 0.454. The third-order valence-electron chi connectivity index (χ3n) is 4.04. The van der Waals surface area contributed by atoms with Gasteiger partial charge in [-0.05, 0) is 37.6 Å². The number of carbonyl (C=O) groups is 2. The number of aryl methyl sites for hydroxylation is 2. The summed E-state index contributed by atoms with van der Waals surface area (Å²) in [6, 6.07) is 12.9. The molecule has 1 amide bonds. The van der Waals surface area contributed by atoms with E-state index in [4.69, 9.17) is 14.2 Å². The Morgan fingerprint density at radius 3 is 2.73 bits per heavy atom. The number of nitrogens with one attached hydrogen (secondary N) is 1. The number of hydrogen-bond donors (Lipinski definition) is 1. The molecule has 0 radical (unpaired) electrons. The Morgan fingerprint density at radius 2 is 1.92 bits per heavy atom. The first-order chi connectivity index (χ1) is 12.5. The van der Waals surface area contributed by atoms with Crippen molar-refractivity contribution in [3.8, 4) is 11.5 Å². The average Bonchev–Trinajstić information content (AvgIpc) is 2.66. The number of fused-ring (bicyclic) bond motifs is 1. The Labute approximate surface area is 152 Å². The predicted octanol–water partition coefficient (Wildman–Crippen LogP) is 2.42. The van der Waals surface area contributed by atoms with E-state index in [0.29, 0.717) is 23.7 Å². The molecule has 0 saturated carbocycles. The molecular formula is C20H21NO5. The van der Waals surface area contributed by atoms with Crippen LogP contribution in [-0.4, -0.2) is 37.7 Å². The molecule has 0 aromatic heterocycles. The highest BCUT2D eigenvalue weighted by atomic mass is 16.6. The highest BCUT2D eigenvalue weighted by molar-refractivity contribution is 5.92. The van der Waals surface area contributed by atoms with Gasteiger partial charge in [0.1, 0.15) is 12.7 Å². The van der Waals surface area contributed by atoms with Crippen molar-refractivity contribution in [3.63, 3.8) is 0 Å². The van der Waals surface area contributed by atoms with Crippen molar-refractivity contribution in [2.45, 2.75) is 20.0 Å². The normalized spacial score (nSPS) is 15.2. The van der Waals surface area contributed by atoms with Gasteiger partial charge in [-0.25, -0.2) is 4.79 Å². The van der Waals surface area contributed by atoms with E-state index in [2.05, 4.69) is 5.32 Å². The third kappa shape index (κ3) is 4.33. The first kappa shape index (κ1) is 17.8. The van der Waals surface area contributed by atoms with Gasteiger partial charge in [0.25, 0.3) is 5.91 Å². The minimum atomic E-state index is -0.507. The predicted molar refractivity (Wildman–Crippen MR) is 95.6 cm³/mol. The van der Waals surface area contributed by atoms with Crippen molar-refractivity contribution < 1.29 is 23.8 Å². The van der Waals surface area contributed by atoms with Crippen molar-refractivity contribution in [1.29, 1.82) is 0 Å². The van der Waals surface area contributed by atoms with E-state index >= 15 is 0 Å². The molecule has 0 spiro atoms. The largest absolute Gasteiger partial charge is 0.486 e. The van der Waals surface area contributed by atoms with E-state index < -0.39 is 5.97 Å². The molecule has 0 fully saturated rings. The van der Waals surface area contributed by atoms with E-state index in [1.807, 2.05) is 50.2 Å². The molecule has 26 heavy (non-hydrogen) atoms. The molecule has 1 heterocycles. The van der Waals surface area contributed by atoms with Gasteiger partial charge in [0, 0.05) is 0 Å².